The lowest BCUT2D eigenvalue weighted by Crippen LogP contribution is -2.31. The third-order valence-corrected chi connectivity index (χ3v) is 3.41. The molecule has 0 aliphatic carbocycles. The number of rotatable bonds is 5. The Morgan fingerprint density at radius 1 is 1.25 bits per heavy atom. The topological polar surface area (TPSA) is 64.0 Å². The summed E-state index contributed by atoms with van der Waals surface area (Å²) in [5.41, 5.74) is -0.224. The van der Waals surface area contributed by atoms with Gasteiger partial charge >= 0.3 is 6.18 Å². The van der Waals surface area contributed by atoms with Gasteiger partial charge in [0.05, 0.1) is 11.9 Å². The van der Waals surface area contributed by atoms with Crippen LogP contribution < -0.4 is 10.9 Å². The molecule has 0 bridgehead atoms. The van der Waals surface area contributed by atoms with Crippen LogP contribution in [-0.2, 0) is 19.1 Å². The molecule has 0 aliphatic heterocycles. The van der Waals surface area contributed by atoms with E-state index in [1.165, 1.54) is 17.0 Å². The van der Waals surface area contributed by atoms with Crippen LogP contribution in [0.5, 0.6) is 0 Å². The molecule has 0 saturated carbocycles. The van der Waals surface area contributed by atoms with Crippen LogP contribution in [-0.4, -0.2) is 22.0 Å². The number of amides is 1. The summed E-state index contributed by atoms with van der Waals surface area (Å²) in [6.45, 7) is 2.27. The largest absolute Gasteiger partial charge is 0.416 e. The summed E-state index contributed by atoms with van der Waals surface area (Å²) < 4.78 is 38.7. The van der Waals surface area contributed by atoms with Gasteiger partial charge < -0.3 is 5.32 Å². The fourth-order valence-corrected chi connectivity index (χ4v) is 2.03. The summed E-state index contributed by atoms with van der Waals surface area (Å²) >= 11 is 0. The first-order valence-corrected chi connectivity index (χ1v) is 7.32. The lowest BCUT2D eigenvalue weighted by atomic mass is 10.1. The molecule has 8 heteroatoms. The predicted octanol–water partition coefficient (Wildman–Crippen LogP) is 2.25. The van der Waals surface area contributed by atoms with Gasteiger partial charge in [0.2, 0.25) is 0 Å². The van der Waals surface area contributed by atoms with E-state index in [-0.39, 0.29) is 24.2 Å². The average Bonchev–Trinajstić information content (AvgIpc) is 2.55. The minimum atomic E-state index is -4.44. The summed E-state index contributed by atoms with van der Waals surface area (Å²) in [5, 5.41) is 2.55. The zero-order valence-electron chi connectivity index (χ0n) is 12.9. The Bertz CT molecular complexity index is 767. The molecule has 1 heterocycles. The molecule has 1 aromatic heterocycles. The Kier molecular flexibility index (Phi) is 5.38. The third-order valence-electron chi connectivity index (χ3n) is 3.41. The standard InChI is InChI=1S/C16H16F3N3O2/c1-2-13-9-14(23)22(10-21-13)8-7-20-15(24)11-3-5-12(6-4-11)16(17,18)19/h3-6,9-10H,2,7-8H2,1H3,(H,20,24). The first kappa shape index (κ1) is 17.7. The Hall–Kier alpha value is -2.64. The number of hydrogen-bond acceptors (Lipinski definition) is 3. The normalized spacial score (nSPS) is 11.3. The van der Waals surface area contributed by atoms with Crippen molar-refractivity contribution in [3.63, 3.8) is 0 Å². The molecule has 2 rings (SSSR count). The quantitative estimate of drug-likeness (QED) is 0.909. The summed E-state index contributed by atoms with van der Waals surface area (Å²) in [6, 6.07) is 5.36. The lowest BCUT2D eigenvalue weighted by molar-refractivity contribution is -0.137. The molecule has 2 aromatic rings. The summed E-state index contributed by atoms with van der Waals surface area (Å²) in [7, 11) is 0. The minimum Gasteiger partial charge on any atom is -0.350 e. The molecule has 0 spiro atoms. The van der Waals surface area contributed by atoms with Gasteiger partial charge in [-0.1, -0.05) is 6.92 Å². The molecule has 1 amide bonds. The highest BCUT2D eigenvalue weighted by molar-refractivity contribution is 5.94. The number of carbonyl (C=O) groups excluding carboxylic acids is 1. The zero-order valence-corrected chi connectivity index (χ0v) is 12.9. The summed E-state index contributed by atoms with van der Waals surface area (Å²) in [5.74, 6) is -0.505. The van der Waals surface area contributed by atoms with Crippen LogP contribution in [0.25, 0.3) is 0 Å². The van der Waals surface area contributed by atoms with Crippen molar-refractivity contribution in [1.29, 1.82) is 0 Å². The molecule has 24 heavy (non-hydrogen) atoms. The van der Waals surface area contributed by atoms with Crippen LogP contribution in [0.1, 0.15) is 28.5 Å². The number of nitrogens with one attached hydrogen (secondary N) is 1. The van der Waals surface area contributed by atoms with E-state index in [0.29, 0.717) is 12.1 Å². The third kappa shape index (κ3) is 4.43. The zero-order chi connectivity index (χ0) is 17.7. The number of carbonyl (C=O) groups is 1. The molecule has 0 fully saturated rings. The van der Waals surface area contributed by atoms with E-state index in [2.05, 4.69) is 10.3 Å². The molecule has 1 N–H and O–H groups in total. The van der Waals surface area contributed by atoms with E-state index in [9.17, 15) is 22.8 Å². The highest BCUT2D eigenvalue weighted by Gasteiger charge is 2.30. The second kappa shape index (κ2) is 7.29. The minimum absolute atomic E-state index is 0.120. The molecule has 0 atom stereocenters. The van der Waals surface area contributed by atoms with Gasteiger partial charge in [-0.2, -0.15) is 13.2 Å². The molecular formula is C16H16F3N3O2. The number of hydrogen-bond donors (Lipinski definition) is 1. The van der Waals surface area contributed by atoms with Crippen molar-refractivity contribution >= 4 is 5.91 Å². The number of benzene rings is 1. The van der Waals surface area contributed by atoms with Crippen molar-refractivity contribution < 1.29 is 18.0 Å². The van der Waals surface area contributed by atoms with Gasteiger partial charge in [-0.3, -0.25) is 14.2 Å². The molecule has 0 saturated heterocycles. The summed E-state index contributed by atoms with van der Waals surface area (Å²) in [4.78, 5) is 27.8. The molecule has 0 aliphatic rings. The van der Waals surface area contributed by atoms with Crippen molar-refractivity contribution in [2.45, 2.75) is 26.1 Å². The lowest BCUT2D eigenvalue weighted by Gasteiger charge is -2.09. The molecular weight excluding hydrogens is 323 g/mol. The second-order valence-corrected chi connectivity index (χ2v) is 5.10. The van der Waals surface area contributed by atoms with Crippen molar-refractivity contribution in [3.8, 4) is 0 Å². The van der Waals surface area contributed by atoms with E-state index >= 15 is 0 Å². The van der Waals surface area contributed by atoms with Gasteiger partial charge in [0.1, 0.15) is 0 Å². The maximum atomic E-state index is 12.5. The molecule has 0 unspecified atom stereocenters. The Balaban J connectivity index is 1.93. The van der Waals surface area contributed by atoms with E-state index in [0.717, 1.165) is 24.3 Å². The van der Waals surface area contributed by atoms with Gasteiger partial charge in [0.25, 0.3) is 11.5 Å². The second-order valence-electron chi connectivity index (χ2n) is 5.10. The van der Waals surface area contributed by atoms with Crippen molar-refractivity contribution in [1.82, 2.24) is 14.9 Å². The van der Waals surface area contributed by atoms with Crippen LogP contribution in [0.3, 0.4) is 0 Å². The molecule has 5 nitrogen and oxygen atoms in total. The number of halogens is 3. The fourth-order valence-electron chi connectivity index (χ4n) is 2.03. The van der Waals surface area contributed by atoms with Crippen molar-refractivity contribution in [2.24, 2.45) is 0 Å². The Morgan fingerprint density at radius 2 is 1.92 bits per heavy atom. The van der Waals surface area contributed by atoms with Crippen LogP contribution in [0, 0.1) is 0 Å². The number of aryl methyl sites for hydroxylation is 1. The van der Waals surface area contributed by atoms with E-state index in [4.69, 9.17) is 0 Å². The highest BCUT2D eigenvalue weighted by Crippen LogP contribution is 2.28. The smallest absolute Gasteiger partial charge is 0.350 e. The monoisotopic (exact) mass is 339 g/mol. The van der Waals surface area contributed by atoms with Crippen molar-refractivity contribution in [2.75, 3.05) is 6.54 Å². The Labute approximate surface area is 136 Å². The summed E-state index contributed by atoms with van der Waals surface area (Å²) in [6.07, 6.45) is -2.37. The number of nitrogens with zero attached hydrogens (tertiary/aromatic N) is 2. The highest BCUT2D eigenvalue weighted by atomic mass is 19.4. The van der Waals surface area contributed by atoms with Gasteiger partial charge in [0, 0.05) is 30.4 Å². The van der Waals surface area contributed by atoms with E-state index in [1.807, 2.05) is 6.92 Å². The van der Waals surface area contributed by atoms with E-state index < -0.39 is 17.6 Å². The number of alkyl halides is 3. The van der Waals surface area contributed by atoms with Crippen LogP contribution in [0.15, 0.2) is 41.5 Å². The Morgan fingerprint density at radius 3 is 2.46 bits per heavy atom. The van der Waals surface area contributed by atoms with Gasteiger partial charge in [-0.05, 0) is 30.7 Å². The molecule has 128 valence electrons. The van der Waals surface area contributed by atoms with Gasteiger partial charge in [-0.15, -0.1) is 0 Å². The first-order chi connectivity index (χ1) is 11.3. The maximum absolute atomic E-state index is 12.5. The van der Waals surface area contributed by atoms with Crippen molar-refractivity contribution in [3.05, 3.63) is 63.8 Å². The van der Waals surface area contributed by atoms with Gasteiger partial charge in [0.15, 0.2) is 0 Å². The number of aromatic nitrogens is 2. The fraction of sp³-hybridized carbons (Fsp3) is 0.312. The van der Waals surface area contributed by atoms with Crippen LogP contribution in [0.2, 0.25) is 0 Å². The van der Waals surface area contributed by atoms with E-state index in [1.54, 1.807) is 0 Å². The predicted molar refractivity (Wildman–Crippen MR) is 81.7 cm³/mol. The first-order valence-electron chi connectivity index (χ1n) is 7.32. The van der Waals surface area contributed by atoms with Gasteiger partial charge in [-0.25, -0.2) is 4.98 Å². The molecule has 1 aromatic carbocycles. The SMILES string of the molecule is CCc1cc(=O)n(CCNC(=O)c2ccc(C(F)(F)F)cc2)cn1. The molecule has 0 radical (unpaired) electrons. The average molecular weight is 339 g/mol. The van der Waals surface area contributed by atoms with Crippen LogP contribution >= 0.6 is 0 Å². The van der Waals surface area contributed by atoms with Crippen LogP contribution in [0.4, 0.5) is 13.2 Å². The maximum Gasteiger partial charge on any atom is 0.416 e.